The second-order valence-corrected chi connectivity index (χ2v) is 7.84. The topological polar surface area (TPSA) is 119 Å². The van der Waals surface area contributed by atoms with Crippen molar-refractivity contribution >= 4 is 34.4 Å². The van der Waals surface area contributed by atoms with Gasteiger partial charge < -0.3 is 15.4 Å². The zero-order valence-electron chi connectivity index (χ0n) is 18.2. The number of carbonyl (C=O) groups is 3. The van der Waals surface area contributed by atoms with Gasteiger partial charge in [-0.25, -0.2) is 4.98 Å². The molecule has 4 rings (SSSR count). The first kappa shape index (κ1) is 22.2. The number of nitrogens with one attached hydrogen (secondary N) is 2. The molecule has 33 heavy (non-hydrogen) atoms. The first-order valence-electron chi connectivity index (χ1n) is 10.7. The van der Waals surface area contributed by atoms with E-state index in [0.717, 1.165) is 12.8 Å². The summed E-state index contributed by atoms with van der Waals surface area (Å²) in [6.45, 7) is -0.220. The van der Waals surface area contributed by atoms with Gasteiger partial charge in [0.05, 0.1) is 18.0 Å². The molecule has 1 saturated carbocycles. The Morgan fingerprint density at radius 2 is 1.82 bits per heavy atom. The van der Waals surface area contributed by atoms with Gasteiger partial charge >= 0.3 is 5.97 Å². The van der Waals surface area contributed by atoms with Crippen LogP contribution in [0.3, 0.4) is 0 Å². The van der Waals surface area contributed by atoms with Crippen LogP contribution in [-0.2, 0) is 20.7 Å². The molecule has 170 valence electrons. The van der Waals surface area contributed by atoms with Crippen LogP contribution < -0.4 is 16.2 Å². The number of para-hydroxylation sites is 1. The van der Waals surface area contributed by atoms with E-state index in [1.165, 1.54) is 7.11 Å². The van der Waals surface area contributed by atoms with Crippen molar-refractivity contribution in [3.63, 3.8) is 0 Å². The Bertz CT molecular complexity index is 1260. The minimum atomic E-state index is -0.541. The van der Waals surface area contributed by atoms with Crippen LogP contribution in [0.1, 0.15) is 41.5 Å². The number of esters is 1. The molecule has 1 heterocycles. The molecule has 0 atom stereocenters. The van der Waals surface area contributed by atoms with Crippen molar-refractivity contribution in [3.05, 3.63) is 70.3 Å². The second kappa shape index (κ2) is 9.64. The number of methoxy groups -OCH3 is 1. The minimum Gasteiger partial charge on any atom is -0.468 e. The Labute approximate surface area is 189 Å². The summed E-state index contributed by atoms with van der Waals surface area (Å²) >= 11 is 0. The second-order valence-electron chi connectivity index (χ2n) is 7.84. The van der Waals surface area contributed by atoms with E-state index in [1.54, 1.807) is 41.0 Å². The number of hydrogen-bond acceptors (Lipinski definition) is 6. The molecule has 3 aromatic rings. The molecule has 2 aromatic carbocycles. The van der Waals surface area contributed by atoms with Gasteiger partial charge in [0.1, 0.15) is 12.4 Å². The van der Waals surface area contributed by atoms with E-state index in [9.17, 15) is 19.2 Å². The Morgan fingerprint density at radius 3 is 2.52 bits per heavy atom. The highest BCUT2D eigenvalue weighted by atomic mass is 16.5. The van der Waals surface area contributed by atoms with Crippen LogP contribution in [0.25, 0.3) is 10.9 Å². The number of nitrogens with zero attached hydrogens (tertiary/aromatic N) is 2. The van der Waals surface area contributed by atoms with Gasteiger partial charge in [0.25, 0.3) is 11.5 Å². The number of fused-ring (bicyclic) bond motifs is 1. The van der Waals surface area contributed by atoms with E-state index in [0.29, 0.717) is 34.4 Å². The number of hydrogen-bond donors (Lipinski definition) is 2. The molecule has 0 bridgehead atoms. The van der Waals surface area contributed by atoms with E-state index in [4.69, 9.17) is 0 Å². The van der Waals surface area contributed by atoms with Gasteiger partial charge in [-0.2, -0.15) is 0 Å². The first-order valence-corrected chi connectivity index (χ1v) is 10.7. The highest BCUT2D eigenvalue weighted by molar-refractivity contribution is 5.97. The molecule has 2 N–H and O–H groups in total. The lowest BCUT2D eigenvalue weighted by Gasteiger charge is -2.13. The van der Waals surface area contributed by atoms with Gasteiger partial charge in [-0.3, -0.25) is 23.7 Å². The van der Waals surface area contributed by atoms with Crippen molar-refractivity contribution in [2.75, 3.05) is 19.0 Å². The van der Waals surface area contributed by atoms with Crippen LogP contribution in [-0.4, -0.2) is 41.0 Å². The number of rotatable bonds is 8. The number of aromatic nitrogens is 2. The maximum Gasteiger partial charge on any atom is 0.325 e. The minimum absolute atomic E-state index is 0.0560. The van der Waals surface area contributed by atoms with Crippen LogP contribution in [0.15, 0.2) is 53.3 Å². The average molecular weight is 448 g/mol. The number of carbonyl (C=O) groups excluding carboxylic acids is 3. The maximum absolute atomic E-state index is 12.9. The monoisotopic (exact) mass is 448 g/mol. The quantitative estimate of drug-likeness (QED) is 0.510. The zero-order valence-corrected chi connectivity index (χ0v) is 18.2. The van der Waals surface area contributed by atoms with Crippen LogP contribution in [0.2, 0.25) is 0 Å². The molecular formula is C24H24N4O5. The van der Waals surface area contributed by atoms with Gasteiger partial charge in [0.2, 0.25) is 5.91 Å². The van der Waals surface area contributed by atoms with Gasteiger partial charge in [-0.05, 0) is 49.2 Å². The number of amides is 2. The lowest BCUT2D eigenvalue weighted by Crippen LogP contribution is -2.30. The molecular weight excluding hydrogens is 424 g/mol. The van der Waals surface area contributed by atoms with Crippen molar-refractivity contribution in [2.24, 2.45) is 0 Å². The smallest absolute Gasteiger partial charge is 0.325 e. The molecule has 1 aliphatic carbocycles. The van der Waals surface area contributed by atoms with Crippen molar-refractivity contribution in [2.45, 2.75) is 31.7 Å². The van der Waals surface area contributed by atoms with Crippen molar-refractivity contribution in [3.8, 4) is 0 Å². The van der Waals surface area contributed by atoms with E-state index < -0.39 is 11.9 Å². The molecule has 1 aromatic heterocycles. The highest BCUT2D eigenvalue weighted by Gasteiger charge is 2.28. The summed E-state index contributed by atoms with van der Waals surface area (Å²) in [6, 6.07) is 13.7. The molecule has 0 saturated heterocycles. The summed E-state index contributed by atoms with van der Waals surface area (Å²) < 4.78 is 6.21. The summed E-state index contributed by atoms with van der Waals surface area (Å²) in [6.07, 6.45) is 2.40. The molecule has 9 nitrogen and oxygen atoms in total. The Morgan fingerprint density at radius 1 is 1.09 bits per heavy atom. The van der Waals surface area contributed by atoms with Crippen LogP contribution in [0, 0.1) is 0 Å². The molecule has 0 spiro atoms. The highest BCUT2D eigenvalue weighted by Crippen LogP contribution is 2.34. The number of aryl methyl sites for hydroxylation is 1. The summed E-state index contributed by atoms with van der Waals surface area (Å²) in [7, 11) is 1.24. The largest absolute Gasteiger partial charge is 0.468 e. The lowest BCUT2D eigenvalue weighted by molar-refractivity contribution is -0.139. The van der Waals surface area contributed by atoms with Crippen LogP contribution >= 0.6 is 0 Å². The molecule has 1 fully saturated rings. The molecule has 1 aliphatic rings. The van der Waals surface area contributed by atoms with E-state index in [1.807, 2.05) is 12.1 Å². The first-order chi connectivity index (χ1) is 16.0. The molecule has 2 amide bonds. The normalized spacial score (nSPS) is 12.9. The third-order valence-electron chi connectivity index (χ3n) is 5.42. The third-order valence-corrected chi connectivity index (χ3v) is 5.42. The summed E-state index contributed by atoms with van der Waals surface area (Å²) in [5.74, 6) is -0.560. The standard InChI is InChI=1S/C24H24N4O5/c1-33-22(30)14-25-23(31)15-6-8-16(9-7-15)26-21(29)13-12-20-27-19-5-3-2-4-18(19)24(32)28(20)17-10-11-17/h2-9,17H,10-14H2,1H3,(H,25,31)(H,26,29). The van der Waals surface area contributed by atoms with E-state index in [-0.39, 0.29) is 30.5 Å². The number of ether oxygens (including phenoxy) is 1. The SMILES string of the molecule is COC(=O)CNC(=O)c1ccc(NC(=O)CCc2nc3ccccc3c(=O)n2C2CC2)cc1. The predicted octanol–water partition coefficient (Wildman–Crippen LogP) is 2.21. The fraction of sp³-hybridized carbons (Fsp3) is 0.292. The summed E-state index contributed by atoms with van der Waals surface area (Å²) in [5, 5.41) is 5.83. The molecule has 0 aliphatic heterocycles. The van der Waals surface area contributed by atoms with Crippen molar-refractivity contribution < 1.29 is 19.1 Å². The molecule has 9 heteroatoms. The summed E-state index contributed by atoms with van der Waals surface area (Å²) in [5.41, 5.74) is 1.47. The fourth-order valence-corrected chi connectivity index (χ4v) is 3.56. The van der Waals surface area contributed by atoms with Gasteiger partial charge in [0.15, 0.2) is 0 Å². The molecule has 0 unspecified atom stereocenters. The Kier molecular flexibility index (Phi) is 6.48. The van der Waals surface area contributed by atoms with Crippen LogP contribution in [0.5, 0.6) is 0 Å². The van der Waals surface area contributed by atoms with Gasteiger partial charge in [-0.1, -0.05) is 12.1 Å². The van der Waals surface area contributed by atoms with E-state index in [2.05, 4.69) is 20.4 Å². The summed E-state index contributed by atoms with van der Waals surface area (Å²) in [4.78, 5) is 53.2. The van der Waals surface area contributed by atoms with Crippen molar-refractivity contribution in [1.82, 2.24) is 14.9 Å². The zero-order chi connectivity index (χ0) is 23.4. The Hall–Kier alpha value is -4.01. The average Bonchev–Trinajstić information content (AvgIpc) is 3.66. The number of benzene rings is 2. The van der Waals surface area contributed by atoms with Gasteiger partial charge in [-0.15, -0.1) is 0 Å². The third kappa shape index (κ3) is 5.25. The van der Waals surface area contributed by atoms with E-state index >= 15 is 0 Å². The number of anilines is 1. The van der Waals surface area contributed by atoms with Crippen molar-refractivity contribution in [1.29, 1.82) is 0 Å². The fourth-order valence-electron chi connectivity index (χ4n) is 3.56. The maximum atomic E-state index is 12.9. The van der Waals surface area contributed by atoms with Gasteiger partial charge in [0, 0.05) is 30.1 Å². The Balaban J connectivity index is 1.38. The predicted molar refractivity (Wildman–Crippen MR) is 122 cm³/mol. The molecule has 0 radical (unpaired) electrons. The van der Waals surface area contributed by atoms with Crippen LogP contribution in [0.4, 0.5) is 5.69 Å². The lowest BCUT2D eigenvalue weighted by atomic mass is 10.2.